The van der Waals surface area contributed by atoms with E-state index in [9.17, 15) is 4.79 Å². The molecule has 0 aliphatic heterocycles. The van der Waals surface area contributed by atoms with Crippen LogP contribution in [0.15, 0.2) is 30.5 Å². The van der Waals surface area contributed by atoms with Gasteiger partial charge in [-0.15, -0.1) is 0 Å². The van der Waals surface area contributed by atoms with Gasteiger partial charge in [0.1, 0.15) is 0 Å². The Kier molecular flexibility index (Phi) is 2.59. The summed E-state index contributed by atoms with van der Waals surface area (Å²) in [5.74, 6) is 0.0565. The van der Waals surface area contributed by atoms with Gasteiger partial charge in [-0.05, 0) is 18.9 Å². The molecule has 4 N–H and O–H groups in total. The van der Waals surface area contributed by atoms with Crippen LogP contribution in [0.3, 0.4) is 0 Å². The lowest BCUT2D eigenvalue weighted by Crippen LogP contribution is -2.47. The van der Waals surface area contributed by atoms with Crippen LogP contribution in [0.1, 0.15) is 19.3 Å². The molecule has 94 valence electrons. The number of H-pyrrole nitrogens is 1. The smallest absolute Gasteiger partial charge is 0.231 e. The molecule has 0 spiro atoms. The second kappa shape index (κ2) is 4.14. The predicted molar refractivity (Wildman–Crippen MR) is 72.3 cm³/mol. The van der Waals surface area contributed by atoms with Gasteiger partial charge >= 0.3 is 0 Å². The maximum atomic E-state index is 12.3. The average molecular weight is 243 g/mol. The third-order valence-electron chi connectivity index (χ3n) is 4.02. The predicted octanol–water partition coefficient (Wildman–Crippen LogP) is 2.24. The minimum atomic E-state index is -0.335. The van der Waals surface area contributed by atoms with E-state index in [0.717, 1.165) is 35.9 Å². The first-order valence-electron chi connectivity index (χ1n) is 6.33. The normalized spacial score (nSPS) is 17.4. The summed E-state index contributed by atoms with van der Waals surface area (Å²) in [5.41, 5.74) is 7.28. The molecule has 0 atom stereocenters. The lowest BCUT2D eigenvalue weighted by molar-refractivity contribution is -0.129. The SMILES string of the molecule is NCC1(C(=O)Nc2c[nH]c3ccccc23)CCC1. The summed E-state index contributed by atoms with van der Waals surface area (Å²) in [6.07, 6.45) is 4.74. The summed E-state index contributed by atoms with van der Waals surface area (Å²) in [5, 5.41) is 4.05. The van der Waals surface area contributed by atoms with Gasteiger partial charge in [0.25, 0.3) is 0 Å². The van der Waals surface area contributed by atoms with Crippen molar-refractivity contribution in [3.8, 4) is 0 Å². The zero-order valence-corrected chi connectivity index (χ0v) is 10.2. The molecule has 3 rings (SSSR count). The van der Waals surface area contributed by atoms with Crippen LogP contribution in [0.4, 0.5) is 5.69 Å². The molecule has 1 aromatic carbocycles. The van der Waals surface area contributed by atoms with E-state index < -0.39 is 0 Å². The second-order valence-electron chi connectivity index (χ2n) is 5.04. The van der Waals surface area contributed by atoms with E-state index in [1.165, 1.54) is 0 Å². The Bertz CT molecular complexity index is 578. The molecule has 1 aliphatic carbocycles. The van der Waals surface area contributed by atoms with E-state index in [1.54, 1.807) is 0 Å². The molecule has 18 heavy (non-hydrogen) atoms. The summed E-state index contributed by atoms with van der Waals surface area (Å²) < 4.78 is 0. The van der Waals surface area contributed by atoms with E-state index in [1.807, 2.05) is 30.5 Å². The Morgan fingerprint density at radius 1 is 1.39 bits per heavy atom. The number of hydrogen-bond acceptors (Lipinski definition) is 2. The van der Waals surface area contributed by atoms with Crippen LogP contribution >= 0.6 is 0 Å². The topological polar surface area (TPSA) is 70.9 Å². The highest BCUT2D eigenvalue weighted by Gasteiger charge is 2.42. The zero-order valence-electron chi connectivity index (χ0n) is 10.2. The standard InChI is InChI=1S/C14H17N3O/c15-9-14(6-3-7-14)13(18)17-12-8-16-11-5-2-1-4-10(11)12/h1-2,4-5,8,16H,3,6-7,9,15H2,(H,17,18). The van der Waals surface area contributed by atoms with Gasteiger partial charge in [-0.3, -0.25) is 4.79 Å². The van der Waals surface area contributed by atoms with Crippen LogP contribution in [0.25, 0.3) is 10.9 Å². The van der Waals surface area contributed by atoms with Crippen molar-refractivity contribution in [2.45, 2.75) is 19.3 Å². The first-order chi connectivity index (χ1) is 8.75. The summed E-state index contributed by atoms with van der Waals surface area (Å²) in [6, 6.07) is 7.93. The van der Waals surface area contributed by atoms with Crippen molar-refractivity contribution in [1.82, 2.24) is 4.98 Å². The molecule has 0 radical (unpaired) electrons. The molecule has 1 fully saturated rings. The van der Waals surface area contributed by atoms with Crippen molar-refractivity contribution in [1.29, 1.82) is 0 Å². The first-order valence-corrected chi connectivity index (χ1v) is 6.33. The van der Waals surface area contributed by atoms with Crippen LogP contribution in [0.2, 0.25) is 0 Å². The second-order valence-corrected chi connectivity index (χ2v) is 5.04. The Morgan fingerprint density at radius 2 is 2.17 bits per heavy atom. The number of rotatable bonds is 3. The Balaban J connectivity index is 1.86. The molecule has 4 nitrogen and oxygen atoms in total. The number of hydrogen-bond donors (Lipinski definition) is 3. The van der Waals surface area contributed by atoms with Crippen molar-refractivity contribution in [2.75, 3.05) is 11.9 Å². The van der Waals surface area contributed by atoms with Gasteiger partial charge in [-0.1, -0.05) is 24.6 Å². The lowest BCUT2D eigenvalue weighted by Gasteiger charge is -2.38. The molecule has 0 unspecified atom stereocenters. The van der Waals surface area contributed by atoms with Crippen LogP contribution in [-0.2, 0) is 4.79 Å². The van der Waals surface area contributed by atoms with E-state index in [4.69, 9.17) is 5.73 Å². The monoisotopic (exact) mass is 243 g/mol. The van der Waals surface area contributed by atoms with Crippen LogP contribution < -0.4 is 11.1 Å². The van der Waals surface area contributed by atoms with Gasteiger partial charge in [0.05, 0.1) is 11.1 Å². The number of nitrogens with one attached hydrogen (secondary N) is 2. The fraction of sp³-hybridized carbons (Fsp3) is 0.357. The van der Waals surface area contributed by atoms with E-state index in [0.29, 0.717) is 6.54 Å². The van der Waals surface area contributed by atoms with Crippen LogP contribution in [-0.4, -0.2) is 17.4 Å². The van der Waals surface area contributed by atoms with E-state index >= 15 is 0 Å². The fourth-order valence-corrected chi connectivity index (χ4v) is 2.56. The fourth-order valence-electron chi connectivity index (χ4n) is 2.56. The van der Waals surface area contributed by atoms with E-state index in [2.05, 4.69) is 10.3 Å². The average Bonchev–Trinajstić information content (AvgIpc) is 2.72. The quantitative estimate of drug-likeness (QED) is 0.773. The highest BCUT2D eigenvalue weighted by atomic mass is 16.2. The molecule has 1 amide bonds. The van der Waals surface area contributed by atoms with Gasteiger partial charge in [0.15, 0.2) is 0 Å². The number of carbonyl (C=O) groups is 1. The van der Waals surface area contributed by atoms with E-state index in [-0.39, 0.29) is 11.3 Å². The Hall–Kier alpha value is -1.81. The van der Waals surface area contributed by atoms with Crippen molar-refractivity contribution < 1.29 is 4.79 Å². The van der Waals surface area contributed by atoms with Crippen molar-refractivity contribution in [3.05, 3.63) is 30.5 Å². The lowest BCUT2D eigenvalue weighted by atomic mass is 9.68. The Morgan fingerprint density at radius 3 is 2.83 bits per heavy atom. The van der Waals surface area contributed by atoms with Crippen molar-refractivity contribution in [3.63, 3.8) is 0 Å². The van der Waals surface area contributed by atoms with Crippen molar-refractivity contribution in [2.24, 2.45) is 11.1 Å². The maximum absolute atomic E-state index is 12.3. The van der Waals surface area contributed by atoms with Gasteiger partial charge in [0.2, 0.25) is 5.91 Å². The van der Waals surface area contributed by atoms with Gasteiger partial charge < -0.3 is 16.0 Å². The summed E-state index contributed by atoms with van der Waals surface area (Å²) in [7, 11) is 0. The molecular formula is C14H17N3O. The van der Waals surface area contributed by atoms with Gasteiger partial charge in [-0.25, -0.2) is 0 Å². The summed E-state index contributed by atoms with van der Waals surface area (Å²) >= 11 is 0. The number of aromatic nitrogens is 1. The van der Waals surface area contributed by atoms with Gasteiger partial charge in [0, 0.05) is 23.6 Å². The number of aromatic amines is 1. The molecule has 0 bridgehead atoms. The minimum absolute atomic E-state index is 0.0565. The van der Waals surface area contributed by atoms with Gasteiger partial charge in [-0.2, -0.15) is 0 Å². The highest BCUT2D eigenvalue weighted by Crippen LogP contribution is 2.41. The van der Waals surface area contributed by atoms with Crippen LogP contribution in [0.5, 0.6) is 0 Å². The van der Waals surface area contributed by atoms with Crippen molar-refractivity contribution >= 4 is 22.5 Å². The zero-order chi connectivity index (χ0) is 12.6. The number of benzene rings is 1. The molecule has 0 saturated heterocycles. The molecule has 1 aliphatic rings. The molecular weight excluding hydrogens is 226 g/mol. The number of fused-ring (bicyclic) bond motifs is 1. The molecule has 1 saturated carbocycles. The molecule has 4 heteroatoms. The number of amides is 1. The number of anilines is 1. The summed E-state index contributed by atoms with van der Waals surface area (Å²) in [6.45, 7) is 0.432. The highest BCUT2D eigenvalue weighted by molar-refractivity contribution is 6.03. The molecule has 1 heterocycles. The first kappa shape index (κ1) is 11.3. The largest absolute Gasteiger partial charge is 0.359 e. The summed E-state index contributed by atoms with van der Waals surface area (Å²) in [4.78, 5) is 15.4. The third kappa shape index (κ3) is 1.61. The number of para-hydroxylation sites is 1. The maximum Gasteiger partial charge on any atom is 0.231 e. The molecule has 1 aromatic heterocycles. The number of carbonyl (C=O) groups excluding carboxylic acids is 1. The number of nitrogens with two attached hydrogens (primary N) is 1. The molecule has 2 aromatic rings. The third-order valence-corrected chi connectivity index (χ3v) is 4.02. The van der Waals surface area contributed by atoms with Crippen LogP contribution in [0, 0.1) is 5.41 Å². The Labute approximate surface area is 106 Å². The minimum Gasteiger partial charge on any atom is -0.359 e.